The van der Waals surface area contributed by atoms with E-state index >= 15 is 0 Å². The highest BCUT2D eigenvalue weighted by Crippen LogP contribution is 2.20. The van der Waals surface area contributed by atoms with Crippen LogP contribution in [0.4, 0.5) is 5.69 Å². The molecule has 0 aliphatic carbocycles. The predicted molar refractivity (Wildman–Crippen MR) is 161 cm³/mol. The topological polar surface area (TPSA) is 86.8 Å². The number of hydrogen-bond donors (Lipinski definition) is 1. The zero-order valence-electron chi connectivity index (χ0n) is 23.9. The van der Waals surface area contributed by atoms with Crippen LogP contribution in [0.2, 0.25) is 0 Å². The van der Waals surface area contributed by atoms with Gasteiger partial charge in [-0.2, -0.15) is 0 Å². The summed E-state index contributed by atoms with van der Waals surface area (Å²) in [6.45, 7) is 7.02. The Balaban J connectivity index is 1.86. The molecule has 0 saturated heterocycles. The van der Waals surface area contributed by atoms with Crippen molar-refractivity contribution in [3.63, 3.8) is 0 Å². The minimum Gasteiger partial charge on any atom is -0.354 e. The maximum Gasteiger partial charge on any atom is 0.243 e. The van der Waals surface area contributed by atoms with Crippen molar-refractivity contribution in [2.75, 3.05) is 23.7 Å². The Morgan fingerprint density at radius 2 is 1.45 bits per heavy atom. The minimum atomic E-state index is -3.53. The third-order valence-electron chi connectivity index (χ3n) is 6.63. The number of para-hydroxylation sites is 1. The molecule has 2 amide bonds. The Hall–Kier alpha value is -3.65. The first-order valence-electron chi connectivity index (χ1n) is 13.7. The van der Waals surface area contributed by atoms with Gasteiger partial charge in [0, 0.05) is 32.5 Å². The number of carbonyl (C=O) groups is 2. The molecule has 1 N–H and O–H groups in total. The molecule has 214 valence electrons. The van der Waals surface area contributed by atoms with Crippen LogP contribution in [0.3, 0.4) is 0 Å². The molecule has 0 saturated carbocycles. The van der Waals surface area contributed by atoms with Gasteiger partial charge in [0.2, 0.25) is 21.8 Å². The van der Waals surface area contributed by atoms with Crippen molar-refractivity contribution in [2.24, 2.45) is 5.92 Å². The number of amides is 2. The molecule has 0 bridgehead atoms. The first kappa shape index (κ1) is 30.9. The summed E-state index contributed by atoms with van der Waals surface area (Å²) in [5.74, 6) is -0.120. The summed E-state index contributed by atoms with van der Waals surface area (Å²) in [4.78, 5) is 29.0. The lowest BCUT2D eigenvalue weighted by atomic mass is 10.0. The van der Waals surface area contributed by atoms with Gasteiger partial charge in [-0.15, -0.1) is 0 Å². The van der Waals surface area contributed by atoms with Gasteiger partial charge in [0.1, 0.15) is 6.04 Å². The quantitative estimate of drug-likeness (QED) is 0.301. The molecule has 0 spiro atoms. The van der Waals surface area contributed by atoms with Gasteiger partial charge in [-0.25, -0.2) is 8.42 Å². The smallest absolute Gasteiger partial charge is 0.243 e. The highest BCUT2D eigenvalue weighted by atomic mass is 32.2. The number of nitrogens with one attached hydrogen (secondary N) is 1. The fourth-order valence-electron chi connectivity index (χ4n) is 4.46. The monoisotopic (exact) mass is 563 g/mol. The number of anilines is 1. The summed E-state index contributed by atoms with van der Waals surface area (Å²) >= 11 is 0. The molecule has 7 nitrogen and oxygen atoms in total. The lowest BCUT2D eigenvalue weighted by Crippen LogP contribution is -2.51. The largest absolute Gasteiger partial charge is 0.354 e. The first-order chi connectivity index (χ1) is 19.0. The highest BCUT2D eigenvalue weighted by molar-refractivity contribution is 7.92. The standard InChI is InChI=1S/C32H41N3O4S/c1-25(2)23-33-32(37)30(22-27-12-7-5-8-13-27)34(24-28-19-17-26(3)18-20-28)31(36)16-11-21-35(40(4,38)39)29-14-9-6-10-15-29/h5-10,12-15,17-20,25,30H,11,16,21-24H2,1-4H3,(H,33,37)/t30-/m1/s1. The number of hydrogen-bond acceptors (Lipinski definition) is 4. The summed E-state index contributed by atoms with van der Waals surface area (Å²) in [6, 6.07) is 25.8. The number of carbonyl (C=O) groups excluding carboxylic acids is 2. The maximum absolute atomic E-state index is 13.8. The van der Waals surface area contributed by atoms with Gasteiger partial charge in [0.05, 0.1) is 11.9 Å². The van der Waals surface area contributed by atoms with Crippen LogP contribution in [0.1, 0.15) is 43.4 Å². The Kier molecular flexibility index (Phi) is 11.3. The van der Waals surface area contributed by atoms with Crippen molar-refractivity contribution in [1.29, 1.82) is 0 Å². The average Bonchev–Trinajstić information content (AvgIpc) is 2.93. The summed E-state index contributed by atoms with van der Waals surface area (Å²) in [5.41, 5.74) is 3.56. The molecule has 1 atom stereocenters. The van der Waals surface area contributed by atoms with Crippen molar-refractivity contribution in [1.82, 2.24) is 10.2 Å². The van der Waals surface area contributed by atoms with Gasteiger partial charge in [0.25, 0.3) is 0 Å². The zero-order chi connectivity index (χ0) is 29.1. The van der Waals surface area contributed by atoms with E-state index in [0.717, 1.165) is 16.7 Å². The van der Waals surface area contributed by atoms with Gasteiger partial charge in [-0.05, 0) is 42.5 Å². The fraction of sp³-hybridized carbons (Fsp3) is 0.375. The van der Waals surface area contributed by atoms with E-state index in [-0.39, 0.29) is 37.2 Å². The van der Waals surface area contributed by atoms with Crippen LogP contribution in [0.25, 0.3) is 0 Å². The van der Waals surface area contributed by atoms with E-state index in [1.165, 1.54) is 10.6 Å². The Morgan fingerprint density at radius 1 is 0.850 bits per heavy atom. The molecule has 0 heterocycles. The number of nitrogens with zero attached hydrogens (tertiary/aromatic N) is 2. The maximum atomic E-state index is 13.8. The second-order valence-electron chi connectivity index (χ2n) is 10.6. The highest BCUT2D eigenvalue weighted by Gasteiger charge is 2.30. The molecule has 0 aliphatic rings. The Morgan fingerprint density at radius 3 is 2.02 bits per heavy atom. The molecular formula is C32H41N3O4S. The number of sulfonamides is 1. The van der Waals surface area contributed by atoms with E-state index < -0.39 is 16.1 Å². The van der Waals surface area contributed by atoms with Crippen molar-refractivity contribution < 1.29 is 18.0 Å². The molecule has 40 heavy (non-hydrogen) atoms. The molecule has 0 fully saturated rings. The molecule has 0 unspecified atom stereocenters. The van der Waals surface area contributed by atoms with Crippen LogP contribution in [0.5, 0.6) is 0 Å². The average molecular weight is 564 g/mol. The molecule has 0 aliphatic heterocycles. The third-order valence-corrected chi connectivity index (χ3v) is 7.82. The van der Waals surface area contributed by atoms with Crippen LogP contribution in [-0.2, 0) is 32.6 Å². The van der Waals surface area contributed by atoms with Crippen LogP contribution in [0.15, 0.2) is 84.9 Å². The molecule has 3 aromatic carbocycles. The van der Waals surface area contributed by atoms with E-state index in [1.807, 2.05) is 81.4 Å². The second kappa shape index (κ2) is 14.7. The summed E-state index contributed by atoms with van der Waals surface area (Å²) in [7, 11) is -3.53. The van der Waals surface area contributed by atoms with E-state index in [9.17, 15) is 18.0 Å². The van der Waals surface area contributed by atoms with Crippen LogP contribution < -0.4 is 9.62 Å². The second-order valence-corrected chi connectivity index (χ2v) is 12.5. The zero-order valence-corrected chi connectivity index (χ0v) is 24.7. The summed E-state index contributed by atoms with van der Waals surface area (Å²) in [5, 5.41) is 3.03. The number of aryl methyl sites for hydroxylation is 1. The molecule has 3 aromatic rings. The summed E-state index contributed by atoms with van der Waals surface area (Å²) in [6.07, 6.45) is 1.96. The van der Waals surface area contributed by atoms with Crippen molar-refractivity contribution in [3.05, 3.63) is 102 Å². The van der Waals surface area contributed by atoms with E-state index in [0.29, 0.717) is 25.1 Å². The van der Waals surface area contributed by atoms with Crippen molar-refractivity contribution in [2.45, 2.75) is 52.6 Å². The molecule has 3 rings (SSSR count). The normalized spacial score (nSPS) is 12.1. The molecule has 0 radical (unpaired) electrons. The fourth-order valence-corrected chi connectivity index (χ4v) is 5.43. The van der Waals surface area contributed by atoms with Gasteiger partial charge in [-0.1, -0.05) is 92.2 Å². The Labute approximate surface area is 239 Å². The van der Waals surface area contributed by atoms with Gasteiger partial charge < -0.3 is 10.2 Å². The third kappa shape index (κ3) is 9.52. The van der Waals surface area contributed by atoms with Gasteiger partial charge >= 0.3 is 0 Å². The van der Waals surface area contributed by atoms with Crippen molar-refractivity contribution >= 4 is 27.5 Å². The van der Waals surface area contributed by atoms with Crippen LogP contribution in [-0.4, -0.2) is 50.5 Å². The molecular weight excluding hydrogens is 522 g/mol. The van der Waals surface area contributed by atoms with Crippen molar-refractivity contribution in [3.8, 4) is 0 Å². The minimum absolute atomic E-state index is 0.105. The SMILES string of the molecule is Cc1ccc(CN(C(=O)CCCN(c2ccccc2)S(C)(=O)=O)[C@H](Cc2ccccc2)C(=O)NCC(C)C)cc1. The van der Waals surface area contributed by atoms with Crippen LogP contribution in [0, 0.1) is 12.8 Å². The lowest BCUT2D eigenvalue weighted by molar-refractivity contribution is -0.141. The number of rotatable bonds is 14. The van der Waals surface area contributed by atoms with Gasteiger partial charge in [0.15, 0.2) is 0 Å². The van der Waals surface area contributed by atoms with E-state index in [4.69, 9.17) is 0 Å². The van der Waals surface area contributed by atoms with E-state index in [2.05, 4.69) is 5.32 Å². The Bertz CT molecular complexity index is 1330. The van der Waals surface area contributed by atoms with E-state index in [1.54, 1.807) is 29.2 Å². The number of benzene rings is 3. The lowest BCUT2D eigenvalue weighted by Gasteiger charge is -2.32. The van der Waals surface area contributed by atoms with Crippen LogP contribution >= 0.6 is 0 Å². The predicted octanol–water partition coefficient (Wildman–Crippen LogP) is 4.95. The molecule has 8 heteroatoms. The molecule has 0 aromatic heterocycles. The van der Waals surface area contributed by atoms with Gasteiger partial charge in [-0.3, -0.25) is 13.9 Å². The first-order valence-corrected chi connectivity index (χ1v) is 15.6. The summed E-state index contributed by atoms with van der Waals surface area (Å²) < 4.78 is 26.4.